The molecule has 0 bridgehead atoms. The van der Waals surface area contributed by atoms with Crippen LogP contribution in [0.2, 0.25) is 0 Å². The Bertz CT molecular complexity index is 300. The molecule has 1 aromatic rings. The molecular weight excluding hydrogens is 194 g/mol. The fraction of sp³-hybridized carbons (Fsp3) is 0.455. The normalized spacial score (nSPS) is 12.1. The van der Waals surface area contributed by atoms with E-state index < -0.39 is 6.10 Å². The quantitative estimate of drug-likeness (QED) is 0.693. The molecule has 0 fully saturated rings. The number of ether oxygens (including phenoxy) is 2. The predicted molar refractivity (Wildman–Crippen MR) is 55.2 cm³/mol. The highest BCUT2D eigenvalue weighted by Crippen LogP contribution is 2.17. The lowest BCUT2D eigenvalue weighted by atomic mass is 10.1. The zero-order chi connectivity index (χ0) is 11.1. The van der Waals surface area contributed by atoms with Crippen LogP contribution in [0.3, 0.4) is 0 Å². The lowest BCUT2D eigenvalue weighted by Gasteiger charge is -2.15. The van der Waals surface area contributed by atoms with Gasteiger partial charge >= 0.3 is 5.97 Å². The summed E-state index contributed by atoms with van der Waals surface area (Å²) in [6.07, 6.45) is 2.60. The molecule has 0 spiro atoms. The van der Waals surface area contributed by atoms with Gasteiger partial charge in [0.05, 0.1) is 6.61 Å². The van der Waals surface area contributed by atoms with Crippen LogP contribution in [0.5, 0.6) is 0 Å². The lowest BCUT2D eigenvalue weighted by Crippen LogP contribution is -2.19. The van der Waals surface area contributed by atoms with Crippen molar-refractivity contribution in [2.24, 2.45) is 0 Å². The van der Waals surface area contributed by atoms with Gasteiger partial charge in [0.2, 0.25) is 0 Å². The van der Waals surface area contributed by atoms with E-state index in [-0.39, 0.29) is 5.97 Å². The summed E-state index contributed by atoms with van der Waals surface area (Å²) in [5, 5.41) is 0. The van der Waals surface area contributed by atoms with Gasteiger partial charge in [-0.1, -0.05) is 6.07 Å². The predicted octanol–water partition coefficient (Wildman–Crippen LogP) is 1.72. The van der Waals surface area contributed by atoms with Crippen LogP contribution in [0.15, 0.2) is 24.5 Å². The van der Waals surface area contributed by atoms with Gasteiger partial charge in [-0.25, -0.2) is 4.79 Å². The van der Waals surface area contributed by atoms with Gasteiger partial charge in [-0.05, 0) is 19.9 Å². The summed E-state index contributed by atoms with van der Waals surface area (Å²) in [6, 6.07) is 3.56. The van der Waals surface area contributed by atoms with Crippen LogP contribution >= 0.6 is 0 Å². The van der Waals surface area contributed by atoms with Crippen molar-refractivity contribution in [2.45, 2.75) is 20.0 Å². The SMILES string of the molecule is CCOC(=O)C(OCC)c1cccnc1. The van der Waals surface area contributed by atoms with Crippen molar-refractivity contribution in [1.29, 1.82) is 0 Å². The van der Waals surface area contributed by atoms with E-state index in [1.807, 2.05) is 6.92 Å². The Kier molecular flexibility index (Phi) is 4.77. The summed E-state index contributed by atoms with van der Waals surface area (Å²) < 4.78 is 10.2. The minimum Gasteiger partial charge on any atom is -0.464 e. The van der Waals surface area contributed by atoms with Crippen molar-refractivity contribution in [3.8, 4) is 0 Å². The molecule has 0 radical (unpaired) electrons. The summed E-state index contributed by atoms with van der Waals surface area (Å²) in [5.74, 6) is -0.368. The van der Waals surface area contributed by atoms with Gasteiger partial charge in [0.1, 0.15) is 0 Å². The van der Waals surface area contributed by atoms with Crippen LogP contribution in [-0.2, 0) is 14.3 Å². The van der Waals surface area contributed by atoms with Crippen LogP contribution in [0.4, 0.5) is 0 Å². The Balaban J connectivity index is 2.78. The Morgan fingerprint density at radius 2 is 2.27 bits per heavy atom. The van der Waals surface area contributed by atoms with Gasteiger partial charge in [-0.3, -0.25) is 4.98 Å². The van der Waals surface area contributed by atoms with E-state index in [0.29, 0.717) is 13.2 Å². The first-order valence-corrected chi connectivity index (χ1v) is 4.97. The molecule has 0 aliphatic rings. The van der Waals surface area contributed by atoms with E-state index in [9.17, 15) is 4.79 Å². The minimum atomic E-state index is -0.663. The number of rotatable bonds is 5. The molecule has 1 heterocycles. The molecule has 82 valence electrons. The summed E-state index contributed by atoms with van der Waals surface area (Å²) in [6.45, 7) is 4.41. The molecule has 1 atom stereocenters. The molecule has 0 aliphatic heterocycles. The maximum Gasteiger partial charge on any atom is 0.339 e. The standard InChI is InChI=1S/C11H15NO3/c1-3-14-10(11(13)15-4-2)9-6-5-7-12-8-9/h5-8,10H,3-4H2,1-2H3. The van der Waals surface area contributed by atoms with E-state index in [4.69, 9.17) is 9.47 Å². The van der Waals surface area contributed by atoms with Gasteiger partial charge in [0.25, 0.3) is 0 Å². The molecule has 1 aromatic heterocycles. The minimum absolute atomic E-state index is 0.350. The Labute approximate surface area is 89.2 Å². The number of aromatic nitrogens is 1. The van der Waals surface area contributed by atoms with Gasteiger partial charge < -0.3 is 9.47 Å². The second-order valence-corrected chi connectivity index (χ2v) is 2.87. The first kappa shape index (κ1) is 11.7. The van der Waals surface area contributed by atoms with Crippen molar-refractivity contribution >= 4 is 5.97 Å². The maximum atomic E-state index is 11.6. The number of nitrogens with zero attached hydrogens (tertiary/aromatic N) is 1. The molecule has 4 heteroatoms. The average Bonchev–Trinajstić information content (AvgIpc) is 2.27. The van der Waals surface area contributed by atoms with Crippen LogP contribution in [0.25, 0.3) is 0 Å². The number of pyridine rings is 1. The smallest absolute Gasteiger partial charge is 0.339 e. The first-order chi connectivity index (χ1) is 7.29. The molecule has 15 heavy (non-hydrogen) atoms. The second-order valence-electron chi connectivity index (χ2n) is 2.87. The third-order valence-electron chi connectivity index (χ3n) is 1.82. The van der Waals surface area contributed by atoms with Gasteiger partial charge in [-0.15, -0.1) is 0 Å². The number of carbonyl (C=O) groups excluding carboxylic acids is 1. The van der Waals surface area contributed by atoms with Crippen molar-refractivity contribution in [3.63, 3.8) is 0 Å². The van der Waals surface area contributed by atoms with E-state index >= 15 is 0 Å². The third kappa shape index (κ3) is 3.32. The van der Waals surface area contributed by atoms with Crippen molar-refractivity contribution < 1.29 is 14.3 Å². The van der Waals surface area contributed by atoms with E-state index in [1.165, 1.54) is 0 Å². The monoisotopic (exact) mass is 209 g/mol. The molecule has 0 saturated carbocycles. The second kappa shape index (κ2) is 6.14. The Morgan fingerprint density at radius 3 is 2.80 bits per heavy atom. The number of hydrogen-bond donors (Lipinski definition) is 0. The topological polar surface area (TPSA) is 48.4 Å². The van der Waals surface area contributed by atoms with Gasteiger partial charge in [-0.2, -0.15) is 0 Å². The maximum absolute atomic E-state index is 11.6. The van der Waals surface area contributed by atoms with Gasteiger partial charge in [0, 0.05) is 24.6 Å². The lowest BCUT2D eigenvalue weighted by molar-refractivity contribution is -0.157. The number of hydrogen-bond acceptors (Lipinski definition) is 4. The zero-order valence-electron chi connectivity index (χ0n) is 8.97. The molecule has 0 amide bonds. The molecule has 0 aliphatic carbocycles. The average molecular weight is 209 g/mol. The molecule has 0 aromatic carbocycles. The molecule has 1 rings (SSSR count). The molecular formula is C11H15NO3. The summed E-state index contributed by atoms with van der Waals surface area (Å²) >= 11 is 0. The van der Waals surface area contributed by atoms with Crippen LogP contribution in [-0.4, -0.2) is 24.2 Å². The number of carbonyl (C=O) groups is 1. The molecule has 0 saturated heterocycles. The van der Waals surface area contributed by atoms with Crippen molar-refractivity contribution in [1.82, 2.24) is 4.98 Å². The highest BCUT2D eigenvalue weighted by Gasteiger charge is 2.21. The fourth-order valence-corrected chi connectivity index (χ4v) is 1.22. The van der Waals surface area contributed by atoms with Crippen LogP contribution in [0.1, 0.15) is 25.5 Å². The molecule has 1 unspecified atom stereocenters. The van der Waals surface area contributed by atoms with Crippen molar-refractivity contribution in [3.05, 3.63) is 30.1 Å². The largest absolute Gasteiger partial charge is 0.464 e. The highest BCUT2D eigenvalue weighted by molar-refractivity contribution is 5.76. The van der Waals surface area contributed by atoms with Crippen LogP contribution < -0.4 is 0 Å². The third-order valence-corrected chi connectivity index (χ3v) is 1.82. The molecule has 0 N–H and O–H groups in total. The zero-order valence-corrected chi connectivity index (χ0v) is 8.97. The van der Waals surface area contributed by atoms with Crippen LogP contribution in [0, 0.1) is 0 Å². The van der Waals surface area contributed by atoms with Gasteiger partial charge in [0.15, 0.2) is 6.10 Å². The highest BCUT2D eigenvalue weighted by atomic mass is 16.6. The fourth-order valence-electron chi connectivity index (χ4n) is 1.22. The Hall–Kier alpha value is -1.42. The van der Waals surface area contributed by atoms with E-state index in [2.05, 4.69) is 4.98 Å². The van der Waals surface area contributed by atoms with Crippen molar-refractivity contribution in [2.75, 3.05) is 13.2 Å². The van der Waals surface area contributed by atoms with E-state index in [0.717, 1.165) is 5.56 Å². The first-order valence-electron chi connectivity index (χ1n) is 4.97. The van der Waals surface area contributed by atoms with E-state index in [1.54, 1.807) is 31.5 Å². The Morgan fingerprint density at radius 1 is 1.47 bits per heavy atom. The summed E-state index contributed by atoms with van der Waals surface area (Å²) in [5.41, 5.74) is 0.720. The molecule has 4 nitrogen and oxygen atoms in total. The summed E-state index contributed by atoms with van der Waals surface area (Å²) in [4.78, 5) is 15.5. The number of esters is 1. The summed E-state index contributed by atoms with van der Waals surface area (Å²) in [7, 11) is 0.